The fraction of sp³-hybridized carbons (Fsp3) is 0.273. The van der Waals surface area contributed by atoms with Gasteiger partial charge in [0.05, 0.1) is 23.1 Å². The van der Waals surface area contributed by atoms with E-state index in [9.17, 15) is 9.50 Å². The molecule has 152 valence electrons. The number of nitrogens with one attached hydrogen (secondary N) is 1. The first kappa shape index (κ1) is 18.6. The number of aromatic hydroxyl groups is 1. The van der Waals surface area contributed by atoms with Crippen LogP contribution >= 0.6 is 0 Å². The van der Waals surface area contributed by atoms with Gasteiger partial charge in [-0.05, 0) is 43.2 Å². The summed E-state index contributed by atoms with van der Waals surface area (Å²) in [5.74, 6) is -0.257. The van der Waals surface area contributed by atoms with Crippen LogP contribution in [0.25, 0.3) is 22.5 Å². The van der Waals surface area contributed by atoms with Gasteiger partial charge in [0.2, 0.25) is 0 Å². The molecule has 2 aliphatic heterocycles. The number of alkyl halides is 1. The molecule has 3 aromatic rings. The molecule has 0 amide bonds. The van der Waals surface area contributed by atoms with E-state index in [1.54, 1.807) is 41.5 Å². The molecule has 0 saturated carbocycles. The molecule has 1 saturated heterocycles. The van der Waals surface area contributed by atoms with Gasteiger partial charge in [-0.2, -0.15) is 5.10 Å². The molecular weight excluding hydrogens is 383 g/mol. The smallest absolute Gasteiger partial charge is 0.127 e. The van der Waals surface area contributed by atoms with Crippen molar-refractivity contribution < 1.29 is 9.50 Å². The molecule has 7 nitrogen and oxygen atoms in total. The quantitative estimate of drug-likeness (QED) is 0.650. The second kappa shape index (κ2) is 6.84. The van der Waals surface area contributed by atoms with Gasteiger partial charge in [-0.15, -0.1) is 15.3 Å². The average Bonchev–Trinajstić information content (AvgIpc) is 3.39. The Morgan fingerprint density at radius 3 is 2.73 bits per heavy atom. The number of hydrogen-bond donors (Lipinski definition) is 2. The summed E-state index contributed by atoms with van der Waals surface area (Å²) in [6, 6.07) is 8.46. The van der Waals surface area contributed by atoms with Crippen LogP contribution in [0.1, 0.15) is 19.0 Å². The molecule has 1 unspecified atom stereocenters. The molecule has 4 atom stereocenters. The standard InChI is InChI=1S/C22H21FN6O/c1-13(16-10-22(2)8-7-19(26-22)21(16)23)17-5-6-18(28-27-17)15-4-3-14(9-20(15)30)29-11-24-25-12-29/h3-9,11-12,16,19,21,26,30H,1,10H2,2H3/t16-,19?,21+,22+/m1/s1. The first-order valence-corrected chi connectivity index (χ1v) is 9.76. The SMILES string of the molecule is C=C(c1ccc(-c2ccc(-n3cnnc3)cc2O)nn1)[C@H]1C[C@]2(C)C=CC(N2)[C@H]1F. The molecule has 4 heterocycles. The van der Waals surface area contributed by atoms with Crippen molar-refractivity contribution in [3.63, 3.8) is 0 Å². The number of halogens is 1. The third kappa shape index (κ3) is 3.09. The van der Waals surface area contributed by atoms with E-state index in [4.69, 9.17) is 0 Å². The maximum Gasteiger partial charge on any atom is 0.127 e. The molecule has 30 heavy (non-hydrogen) atoms. The van der Waals surface area contributed by atoms with Crippen molar-refractivity contribution in [3.8, 4) is 22.7 Å². The third-order valence-electron chi connectivity index (χ3n) is 5.95. The Morgan fingerprint density at radius 1 is 1.23 bits per heavy atom. The zero-order chi connectivity index (χ0) is 20.9. The number of hydrogen-bond acceptors (Lipinski definition) is 6. The Balaban J connectivity index is 1.38. The molecule has 1 fully saturated rings. The Hall–Kier alpha value is -3.39. The van der Waals surface area contributed by atoms with E-state index in [0.717, 1.165) is 5.69 Å². The highest BCUT2D eigenvalue weighted by Crippen LogP contribution is 2.41. The van der Waals surface area contributed by atoms with Crippen LogP contribution in [0.2, 0.25) is 0 Å². The van der Waals surface area contributed by atoms with E-state index in [0.29, 0.717) is 28.9 Å². The molecule has 0 radical (unpaired) electrons. The molecule has 8 heteroatoms. The average molecular weight is 404 g/mol. The normalized spacial score (nSPS) is 27.3. The molecule has 5 rings (SSSR count). The van der Waals surface area contributed by atoms with Crippen molar-refractivity contribution in [2.24, 2.45) is 5.92 Å². The number of benzene rings is 1. The highest BCUT2D eigenvalue weighted by molar-refractivity contribution is 5.70. The lowest BCUT2D eigenvalue weighted by Crippen LogP contribution is -2.54. The number of phenolic OH excluding ortho intramolecular Hbond substituents is 1. The zero-order valence-electron chi connectivity index (χ0n) is 16.4. The first-order valence-electron chi connectivity index (χ1n) is 9.76. The molecule has 2 aliphatic rings. The van der Waals surface area contributed by atoms with Crippen molar-refractivity contribution in [1.29, 1.82) is 0 Å². The summed E-state index contributed by atoms with van der Waals surface area (Å²) in [7, 11) is 0. The lowest BCUT2D eigenvalue weighted by Gasteiger charge is -2.39. The second-order valence-electron chi connectivity index (χ2n) is 8.10. The van der Waals surface area contributed by atoms with Crippen LogP contribution in [0, 0.1) is 5.92 Å². The number of rotatable bonds is 4. The summed E-state index contributed by atoms with van der Waals surface area (Å²) in [6.45, 7) is 6.19. The summed E-state index contributed by atoms with van der Waals surface area (Å²) in [4.78, 5) is 0. The molecule has 2 N–H and O–H groups in total. The van der Waals surface area contributed by atoms with E-state index < -0.39 is 6.17 Å². The predicted octanol–water partition coefficient (Wildman–Crippen LogP) is 3.09. The molecule has 0 spiro atoms. The monoisotopic (exact) mass is 404 g/mol. The van der Waals surface area contributed by atoms with E-state index >= 15 is 0 Å². The maximum atomic E-state index is 14.9. The number of phenols is 1. The molecule has 0 aliphatic carbocycles. The van der Waals surface area contributed by atoms with Crippen molar-refractivity contribution in [1.82, 2.24) is 30.3 Å². The van der Waals surface area contributed by atoms with E-state index in [2.05, 4.69) is 39.2 Å². The Kier molecular flexibility index (Phi) is 4.25. The number of allylic oxidation sites excluding steroid dienone is 1. The number of nitrogens with zero attached hydrogens (tertiary/aromatic N) is 5. The van der Waals surface area contributed by atoms with Crippen LogP contribution in [0.5, 0.6) is 5.75 Å². The van der Waals surface area contributed by atoms with Gasteiger partial charge in [0.15, 0.2) is 0 Å². The second-order valence-corrected chi connectivity index (χ2v) is 8.10. The Bertz CT molecular complexity index is 1130. The first-order chi connectivity index (χ1) is 14.4. The van der Waals surface area contributed by atoms with Crippen LogP contribution in [-0.2, 0) is 0 Å². The fourth-order valence-electron chi connectivity index (χ4n) is 4.31. The van der Waals surface area contributed by atoms with Gasteiger partial charge in [0.25, 0.3) is 0 Å². The Labute approximate surface area is 173 Å². The number of fused-ring (bicyclic) bond motifs is 2. The van der Waals surface area contributed by atoms with Crippen molar-refractivity contribution in [2.45, 2.75) is 31.1 Å². The van der Waals surface area contributed by atoms with Crippen LogP contribution in [-0.4, -0.2) is 47.8 Å². The number of piperidine rings is 1. The van der Waals surface area contributed by atoms with E-state index in [1.165, 1.54) is 0 Å². The van der Waals surface area contributed by atoms with Crippen molar-refractivity contribution in [3.05, 3.63) is 67.4 Å². The van der Waals surface area contributed by atoms with E-state index in [-0.39, 0.29) is 23.2 Å². The number of aromatic nitrogens is 5. The lowest BCUT2D eigenvalue weighted by molar-refractivity contribution is 0.146. The van der Waals surface area contributed by atoms with Gasteiger partial charge in [-0.1, -0.05) is 18.7 Å². The highest BCUT2D eigenvalue weighted by Gasteiger charge is 2.46. The van der Waals surface area contributed by atoms with Gasteiger partial charge in [0.1, 0.15) is 24.6 Å². The molecular formula is C22H21FN6O. The molecule has 2 bridgehead atoms. The minimum absolute atomic E-state index is 0.0693. The summed E-state index contributed by atoms with van der Waals surface area (Å²) >= 11 is 0. The van der Waals surface area contributed by atoms with Gasteiger partial charge < -0.3 is 5.11 Å². The van der Waals surface area contributed by atoms with Crippen molar-refractivity contribution >= 4 is 5.57 Å². The topological polar surface area (TPSA) is 88.8 Å². The van der Waals surface area contributed by atoms with Gasteiger partial charge in [-0.3, -0.25) is 9.88 Å². The summed E-state index contributed by atoms with van der Waals surface area (Å²) < 4.78 is 16.6. The van der Waals surface area contributed by atoms with E-state index in [1.807, 2.05) is 18.2 Å². The molecule has 1 aromatic carbocycles. The third-order valence-corrected chi connectivity index (χ3v) is 5.95. The van der Waals surface area contributed by atoms with Gasteiger partial charge in [-0.25, -0.2) is 4.39 Å². The zero-order valence-corrected chi connectivity index (χ0v) is 16.4. The highest BCUT2D eigenvalue weighted by atomic mass is 19.1. The Morgan fingerprint density at radius 2 is 2.03 bits per heavy atom. The minimum atomic E-state index is -1.06. The lowest BCUT2D eigenvalue weighted by atomic mass is 9.78. The summed E-state index contributed by atoms with van der Waals surface area (Å²) in [5, 5.41) is 29.8. The fourth-order valence-corrected chi connectivity index (χ4v) is 4.31. The minimum Gasteiger partial charge on any atom is -0.507 e. The summed E-state index contributed by atoms with van der Waals surface area (Å²) in [5.41, 5.74) is 2.81. The van der Waals surface area contributed by atoms with Gasteiger partial charge in [0, 0.05) is 23.1 Å². The summed E-state index contributed by atoms with van der Waals surface area (Å²) in [6.07, 6.45) is 6.61. The van der Waals surface area contributed by atoms with Crippen LogP contribution < -0.4 is 5.32 Å². The van der Waals surface area contributed by atoms with Crippen molar-refractivity contribution in [2.75, 3.05) is 0 Å². The maximum absolute atomic E-state index is 14.9. The van der Waals surface area contributed by atoms with Crippen LogP contribution in [0.4, 0.5) is 4.39 Å². The van der Waals surface area contributed by atoms with Crippen LogP contribution in [0.15, 0.2) is 61.7 Å². The molecule has 2 aromatic heterocycles. The predicted molar refractivity (Wildman–Crippen MR) is 111 cm³/mol. The van der Waals surface area contributed by atoms with Crippen LogP contribution in [0.3, 0.4) is 0 Å². The van der Waals surface area contributed by atoms with Gasteiger partial charge >= 0.3 is 0 Å². The largest absolute Gasteiger partial charge is 0.507 e.